The number of benzene rings is 2. The molecule has 7 nitrogen and oxygen atoms in total. The summed E-state index contributed by atoms with van der Waals surface area (Å²) in [5, 5.41) is 0.597. The fourth-order valence-electron chi connectivity index (χ4n) is 3.85. The molecule has 0 unspecified atom stereocenters. The third-order valence-electron chi connectivity index (χ3n) is 5.41. The first-order valence-corrected chi connectivity index (χ1v) is 11.5. The van der Waals surface area contributed by atoms with E-state index in [9.17, 15) is 18.0 Å². The summed E-state index contributed by atoms with van der Waals surface area (Å²) in [5.41, 5.74) is 3.13. The minimum atomic E-state index is -3.89. The van der Waals surface area contributed by atoms with Gasteiger partial charge in [0.2, 0.25) is 10.0 Å². The van der Waals surface area contributed by atoms with Crippen molar-refractivity contribution in [2.75, 3.05) is 0 Å². The summed E-state index contributed by atoms with van der Waals surface area (Å²) >= 11 is 0. The van der Waals surface area contributed by atoms with Gasteiger partial charge in [0.05, 0.1) is 10.3 Å². The number of hydrogen-bond donors (Lipinski definition) is 1. The van der Waals surface area contributed by atoms with E-state index >= 15 is 0 Å². The zero-order valence-electron chi connectivity index (χ0n) is 17.5. The standard InChI is InChI=1S/C23H23NO6S/c1-13-7-9-16(10-8-13)31(27,28)24-15(3)22(25)29-19-11-14(2)12-20-21(19)17-5-4-6-18(17)23(26)30-20/h7-12,15,24H,4-6H2,1-3H3/t15-/m1/s1. The second kappa shape index (κ2) is 7.94. The van der Waals surface area contributed by atoms with Gasteiger partial charge in [0.15, 0.2) is 0 Å². The van der Waals surface area contributed by atoms with E-state index in [1.807, 2.05) is 6.92 Å². The van der Waals surface area contributed by atoms with Crippen molar-refractivity contribution in [1.82, 2.24) is 4.72 Å². The maximum Gasteiger partial charge on any atom is 0.339 e. The Morgan fingerprint density at radius 3 is 2.45 bits per heavy atom. The second-order valence-corrected chi connectivity index (χ2v) is 9.63. The first-order valence-electron chi connectivity index (χ1n) is 10.1. The Bertz CT molecular complexity index is 1340. The molecule has 3 aromatic rings. The Morgan fingerprint density at radius 2 is 1.74 bits per heavy atom. The zero-order chi connectivity index (χ0) is 22.3. The molecule has 4 rings (SSSR count). The van der Waals surface area contributed by atoms with Gasteiger partial charge in [-0.2, -0.15) is 4.72 Å². The van der Waals surface area contributed by atoms with Crippen molar-refractivity contribution in [2.45, 2.75) is 51.0 Å². The Morgan fingerprint density at radius 1 is 1.06 bits per heavy atom. The molecule has 0 aliphatic heterocycles. The number of rotatable bonds is 5. The van der Waals surface area contributed by atoms with Crippen molar-refractivity contribution in [1.29, 1.82) is 0 Å². The van der Waals surface area contributed by atoms with Crippen LogP contribution in [-0.4, -0.2) is 20.4 Å². The molecule has 1 aliphatic rings. The van der Waals surface area contributed by atoms with E-state index in [1.165, 1.54) is 19.1 Å². The van der Waals surface area contributed by atoms with Gasteiger partial charge in [0.1, 0.15) is 17.4 Å². The fourth-order valence-corrected chi connectivity index (χ4v) is 5.04. The first kappa shape index (κ1) is 21.3. The van der Waals surface area contributed by atoms with Crippen molar-refractivity contribution < 1.29 is 22.4 Å². The SMILES string of the molecule is Cc1ccc(S(=O)(=O)N[C@H](C)C(=O)Oc2cc(C)cc3oc(=O)c4c(c23)CCC4)cc1. The highest BCUT2D eigenvalue weighted by atomic mass is 32.2. The zero-order valence-corrected chi connectivity index (χ0v) is 18.3. The van der Waals surface area contributed by atoms with E-state index in [0.717, 1.165) is 23.1 Å². The van der Waals surface area contributed by atoms with Crippen molar-refractivity contribution in [2.24, 2.45) is 0 Å². The van der Waals surface area contributed by atoms with Gasteiger partial charge in [-0.15, -0.1) is 0 Å². The Labute approximate surface area is 180 Å². The van der Waals surface area contributed by atoms with Gasteiger partial charge in [-0.3, -0.25) is 0 Å². The third-order valence-corrected chi connectivity index (χ3v) is 6.96. The summed E-state index contributed by atoms with van der Waals surface area (Å²) in [6.07, 6.45) is 2.15. The predicted octanol–water partition coefficient (Wildman–Crippen LogP) is 3.17. The van der Waals surface area contributed by atoms with Gasteiger partial charge in [-0.05, 0) is 75.4 Å². The van der Waals surface area contributed by atoms with E-state index in [-0.39, 0.29) is 16.3 Å². The summed E-state index contributed by atoms with van der Waals surface area (Å²) in [6, 6.07) is 8.64. The molecule has 0 spiro atoms. The molecule has 1 aromatic heterocycles. The van der Waals surface area contributed by atoms with Gasteiger partial charge in [0.25, 0.3) is 0 Å². The molecule has 31 heavy (non-hydrogen) atoms. The second-order valence-electron chi connectivity index (χ2n) is 7.91. The van der Waals surface area contributed by atoms with Gasteiger partial charge in [0, 0.05) is 5.56 Å². The minimum Gasteiger partial charge on any atom is -0.425 e. The van der Waals surface area contributed by atoms with Crippen LogP contribution in [0.3, 0.4) is 0 Å². The number of fused-ring (bicyclic) bond motifs is 3. The molecular weight excluding hydrogens is 418 g/mol. The smallest absolute Gasteiger partial charge is 0.339 e. The molecule has 162 valence electrons. The largest absolute Gasteiger partial charge is 0.425 e. The molecule has 1 heterocycles. The number of aryl methyl sites for hydroxylation is 3. The van der Waals surface area contributed by atoms with Gasteiger partial charge >= 0.3 is 11.6 Å². The first-order chi connectivity index (χ1) is 14.7. The Hall–Kier alpha value is -2.97. The number of sulfonamides is 1. The number of esters is 1. The summed E-state index contributed by atoms with van der Waals surface area (Å²) in [4.78, 5) is 25.1. The number of nitrogens with one attached hydrogen (secondary N) is 1. The van der Waals surface area contributed by atoms with Crippen LogP contribution >= 0.6 is 0 Å². The highest BCUT2D eigenvalue weighted by Crippen LogP contribution is 2.35. The van der Waals surface area contributed by atoms with Crippen LogP contribution in [0.15, 0.2) is 50.5 Å². The average Bonchev–Trinajstić information content (AvgIpc) is 3.18. The van der Waals surface area contributed by atoms with Gasteiger partial charge in [-0.1, -0.05) is 17.7 Å². The third kappa shape index (κ3) is 4.13. The molecule has 0 radical (unpaired) electrons. The van der Waals surface area contributed by atoms with Crippen molar-refractivity contribution in [3.8, 4) is 5.75 Å². The molecule has 0 saturated carbocycles. The summed E-state index contributed by atoms with van der Waals surface area (Å²) in [5.74, 6) is -0.483. The van der Waals surface area contributed by atoms with E-state index in [0.29, 0.717) is 29.4 Å². The topological polar surface area (TPSA) is 103 Å². The molecule has 0 bridgehead atoms. The molecule has 8 heteroatoms. The lowest BCUT2D eigenvalue weighted by Crippen LogP contribution is -2.40. The number of ether oxygens (including phenoxy) is 1. The molecule has 1 aliphatic carbocycles. The highest BCUT2D eigenvalue weighted by molar-refractivity contribution is 7.89. The molecule has 1 atom stereocenters. The lowest BCUT2D eigenvalue weighted by Gasteiger charge is -2.16. The van der Waals surface area contributed by atoms with Crippen molar-refractivity contribution in [3.63, 3.8) is 0 Å². The summed E-state index contributed by atoms with van der Waals surface area (Å²) in [6.45, 7) is 5.08. The molecule has 0 saturated heterocycles. The lowest BCUT2D eigenvalue weighted by molar-refractivity contribution is -0.135. The quantitative estimate of drug-likeness (QED) is 0.371. The maximum absolute atomic E-state index is 12.8. The van der Waals surface area contributed by atoms with Crippen LogP contribution in [0, 0.1) is 13.8 Å². The number of carbonyl (C=O) groups excluding carboxylic acids is 1. The number of carbonyl (C=O) groups is 1. The average molecular weight is 442 g/mol. The molecule has 0 fully saturated rings. The maximum atomic E-state index is 12.8. The van der Waals surface area contributed by atoms with E-state index in [1.54, 1.807) is 31.2 Å². The molecule has 1 N–H and O–H groups in total. The highest BCUT2D eigenvalue weighted by Gasteiger charge is 2.27. The van der Waals surface area contributed by atoms with Crippen LogP contribution < -0.4 is 15.1 Å². The molecule has 0 amide bonds. The predicted molar refractivity (Wildman–Crippen MR) is 116 cm³/mol. The summed E-state index contributed by atoms with van der Waals surface area (Å²) < 4.78 is 38.6. The lowest BCUT2D eigenvalue weighted by atomic mass is 10.0. The monoisotopic (exact) mass is 441 g/mol. The normalized spacial score (nSPS) is 14.4. The van der Waals surface area contributed by atoms with Gasteiger partial charge in [-0.25, -0.2) is 18.0 Å². The van der Waals surface area contributed by atoms with Gasteiger partial charge < -0.3 is 9.15 Å². The van der Waals surface area contributed by atoms with Crippen molar-refractivity contribution in [3.05, 3.63) is 69.1 Å². The van der Waals surface area contributed by atoms with Crippen LogP contribution in [0.1, 0.15) is 35.6 Å². The molecule has 2 aromatic carbocycles. The number of hydrogen-bond acceptors (Lipinski definition) is 6. The Balaban J connectivity index is 1.63. The van der Waals surface area contributed by atoms with Crippen LogP contribution in [0.25, 0.3) is 11.0 Å². The fraction of sp³-hybridized carbons (Fsp3) is 0.304. The molecular formula is C23H23NO6S. The van der Waals surface area contributed by atoms with Crippen LogP contribution in [0.5, 0.6) is 5.75 Å². The Kier molecular flexibility index (Phi) is 5.45. The minimum absolute atomic E-state index is 0.0679. The van der Waals surface area contributed by atoms with Crippen LogP contribution in [0.4, 0.5) is 0 Å². The van der Waals surface area contributed by atoms with Crippen LogP contribution in [-0.2, 0) is 27.7 Å². The van der Waals surface area contributed by atoms with E-state index in [2.05, 4.69) is 4.72 Å². The van der Waals surface area contributed by atoms with Crippen molar-refractivity contribution >= 4 is 27.0 Å². The van der Waals surface area contributed by atoms with E-state index < -0.39 is 22.0 Å². The van der Waals surface area contributed by atoms with E-state index in [4.69, 9.17) is 9.15 Å². The van der Waals surface area contributed by atoms with Crippen LogP contribution in [0.2, 0.25) is 0 Å². The summed E-state index contributed by atoms with van der Waals surface area (Å²) in [7, 11) is -3.89.